The second kappa shape index (κ2) is 5.79. The van der Waals surface area contributed by atoms with Crippen LogP contribution < -0.4 is 5.73 Å². The molecule has 2 aromatic heterocycles. The van der Waals surface area contributed by atoms with Crippen molar-refractivity contribution in [1.29, 1.82) is 0 Å². The Morgan fingerprint density at radius 1 is 1.37 bits per heavy atom. The van der Waals surface area contributed by atoms with Crippen molar-refractivity contribution in [2.75, 3.05) is 7.05 Å². The molecule has 5 nitrogen and oxygen atoms in total. The zero-order chi connectivity index (χ0) is 13.9. The smallest absolute Gasteiger partial charge is 0.244 e. The van der Waals surface area contributed by atoms with Crippen LogP contribution in [0, 0.1) is 0 Å². The van der Waals surface area contributed by atoms with Crippen LogP contribution in [0.4, 0.5) is 0 Å². The number of nitrogens with zero attached hydrogens (tertiary/aromatic N) is 2. The van der Waals surface area contributed by atoms with E-state index in [1.807, 2.05) is 6.07 Å². The Kier molecular flexibility index (Phi) is 4.31. The van der Waals surface area contributed by atoms with E-state index < -0.39 is 10.0 Å². The molecule has 0 spiro atoms. The zero-order valence-corrected chi connectivity index (χ0v) is 12.1. The maximum atomic E-state index is 12.4. The molecule has 0 atom stereocenters. The standard InChI is InChI=1S/C12H15N3O2S2/c1-15(9-10-4-2-3-6-14-10)19(16,17)12-5-7-18-11(12)8-13/h2-7H,8-9,13H2,1H3. The average molecular weight is 297 g/mol. The van der Waals surface area contributed by atoms with E-state index in [1.54, 1.807) is 36.8 Å². The van der Waals surface area contributed by atoms with Crippen molar-refractivity contribution in [1.82, 2.24) is 9.29 Å². The molecule has 0 fully saturated rings. The summed E-state index contributed by atoms with van der Waals surface area (Å²) < 4.78 is 26.1. The van der Waals surface area contributed by atoms with Gasteiger partial charge in [-0.05, 0) is 23.6 Å². The first kappa shape index (κ1) is 14.1. The fourth-order valence-corrected chi connectivity index (χ4v) is 4.12. The van der Waals surface area contributed by atoms with E-state index in [4.69, 9.17) is 5.73 Å². The SMILES string of the molecule is CN(Cc1ccccn1)S(=O)(=O)c1ccsc1CN. The van der Waals surface area contributed by atoms with E-state index in [2.05, 4.69) is 4.98 Å². The van der Waals surface area contributed by atoms with Crippen LogP contribution in [-0.4, -0.2) is 24.8 Å². The van der Waals surface area contributed by atoms with Crippen LogP contribution in [-0.2, 0) is 23.1 Å². The number of rotatable bonds is 5. The van der Waals surface area contributed by atoms with Gasteiger partial charge in [0.05, 0.1) is 17.1 Å². The molecule has 0 aromatic carbocycles. The third-order valence-corrected chi connectivity index (χ3v) is 5.65. The second-order valence-corrected chi connectivity index (χ2v) is 7.01. The van der Waals surface area contributed by atoms with Gasteiger partial charge in [-0.25, -0.2) is 8.42 Å². The van der Waals surface area contributed by atoms with Gasteiger partial charge in [-0.2, -0.15) is 4.31 Å². The van der Waals surface area contributed by atoms with E-state index in [0.29, 0.717) is 15.5 Å². The molecule has 7 heteroatoms. The summed E-state index contributed by atoms with van der Waals surface area (Å²) in [6.07, 6.45) is 1.64. The van der Waals surface area contributed by atoms with E-state index in [9.17, 15) is 8.42 Å². The number of pyridine rings is 1. The number of sulfonamides is 1. The molecule has 0 aliphatic heterocycles. The Balaban J connectivity index is 2.25. The lowest BCUT2D eigenvalue weighted by molar-refractivity contribution is 0.462. The molecule has 19 heavy (non-hydrogen) atoms. The van der Waals surface area contributed by atoms with Gasteiger partial charge in [-0.1, -0.05) is 6.07 Å². The van der Waals surface area contributed by atoms with Crippen molar-refractivity contribution in [2.45, 2.75) is 18.0 Å². The van der Waals surface area contributed by atoms with Crippen LogP contribution in [0.15, 0.2) is 40.7 Å². The van der Waals surface area contributed by atoms with E-state index in [0.717, 1.165) is 0 Å². The van der Waals surface area contributed by atoms with Crippen molar-refractivity contribution >= 4 is 21.4 Å². The van der Waals surface area contributed by atoms with Gasteiger partial charge >= 0.3 is 0 Å². The fraction of sp³-hybridized carbons (Fsp3) is 0.250. The Morgan fingerprint density at radius 2 is 2.16 bits per heavy atom. The quantitative estimate of drug-likeness (QED) is 0.905. The molecule has 2 heterocycles. The van der Waals surface area contributed by atoms with Crippen LogP contribution in [0.5, 0.6) is 0 Å². The lowest BCUT2D eigenvalue weighted by Gasteiger charge is -2.16. The van der Waals surface area contributed by atoms with Gasteiger partial charge in [0.1, 0.15) is 0 Å². The maximum Gasteiger partial charge on any atom is 0.244 e. The number of hydrogen-bond donors (Lipinski definition) is 1. The topological polar surface area (TPSA) is 76.3 Å². The molecule has 0 saturated heterocycles. The van der Waals surface area contributed by atoms with Crippen LogP contribution in [0.2, 0.25) is 0 Å². The zero-order valence-electron chi connectivity index (χ0n) is 10.5. The highest BCUT2D eigenvalue weighted by Crippen LogP contribution is 2.24. The highest BCUT2D eigenvalue weighted by Gasteiger charge is 2.24. The molecule has 0 saturated carbocycles. The largest absolute Gasteiger partial charge is 0.326 e. The highest BCUT2D eigenvalue weighted by atomic mass is 32.2. The minimum Gasteiger partial charge on any atom is -0.326 e. The van der Waals surface area contributed by atoms with Gasteiger partial charge < -0.3 is 5.73 Å². The molecular weight excluding hydrogens is 282 g/mol. The Morgan fingerprint density at radius 3 is 2.79 bits per heavy atom. The first-order chi connectivity index (χ1) is 9.05. The highest BCUT2D eigenvalue weighted by molar-refractivity contribution is 7.89. The first-order valence-electron chi connectivity index (χ1n) is 5.68. The summed E-state index contributed by atoms with van der Waals surface area (Å²) in [6, 6.07) is 7.02. The van der Waals surface area contributed by atoms with Crippen molar-refractivity contribution in [3.8, 4) is 0 Å². The van der Waals surface area contributed by atoms with E-state index >= 15 is 0 Å². The molecule has 0 unspecified atom stereocenters. The summed E-state index contributed by atoms with van der Waals surface area (Å²) in [5, 5.41) is 1.74. The number of aromatic nitrogens is 1. The van der Waals surface area contributed by atoms with Crippen LogP contribution >= 0.6 is 11.3 Å². The lowest BCUT2D eigenvalue weighted by atomic mass is 10.3. The normalized spacial score (nSPS) is 11.9. The first-order valence-corrected chi connectivity index (χ1v) is 8.00. The summed E-state index contributed by atoms with van der Waals surface area (Å²) in [6.45, 7) is 0.465. The fourth-order valence-electron chi connectivity index (χ4n) is 1.68. The van der Waals surface area contributed by atoms with Crippen molar-refractivity contribution in [3.63, 3.8) is 0 Å². The number of nitrogens with two attached hydrogens (primary N) is 1. The minimum atomic E-state index is -3.51. The molecule has 2 aromatic rings. The second-order valence-electron chi connectivity index (χ2n) is 3.99. The Hall–Kier alpha value is -1.28. The summed E-state index contributed by atoms with van der Waals surface area (Å²) in [4.78, 5) is 5.09. The van der Waals surface area contributed by atoms with Crippen molar-refractivity contribution < 1.29 is 8.42 Å². The van der Waals surface area contributed by atoms with E-state index in [1.165, 1.54) is 15.6 Å². The van der Waals surface area contributed by atoms with Gasteiger partial charge in [0, 0.05) is 24.7 Å². The molecule has 0 amide bonds. The third kappa shape index (κ3) is 3.01. The summed E-state index contributed by atoms with van der Waals surface area (Å²) in [5.74, 6) is 0. The Bertz CT molecular complexity index is 638. The summed E-state index contributed by atoms with van der Waals surface area (Å²) >= 11 is 1.35. The predicted molar refractivity (Wildman–Crippen MR) is 75.1 cm³/mol. The molecule has 0 aliphatic rings. The predicted octanol–water partition coefficient (Wildman–Crippen LogP) is 1.42. The molecule has 102 valence electrons. The molecule has 2 rings (SSSR count). The molecular formula is C12H15N3O2S2. The van der Waals surface area contributed by atoms with Gasteiger partial charge in [-0.3, -0.25) is 4.98 Å². The maximum absolute atomic E-state index is 12.4. The van der Waals surface area contributed by atoms with E-state index in [-0.39, 0.29) is 13.1 Å². The summed E-state index contributed by atoms with van der Waals surface area (Å²) in [5.41, 5.74) is 6.27. The monoisotopic (exact) mass is 297 g/mol. The van der Waals surface area contributed by atoms with Crippen molar-refractivity contribution in [2.24, 2.45) is 5.73 Å². The van der Waals surface area contributed by atoms with Gasteiger partial charge in [-0.15, -0.1) is 11.3 Å². The van der Waals surface area contributed by atoms with Crippen LogP contribution in [0.3, 0.4) is 0 Å². The minimum absolute atomic E-state index is 0.226. The lowest BCUT2D eigenvalue weighted by Crippen LogP contribution is -2.27. The van der Waals surface area contributed by atoms with Crippen molar-refractivity contribution in [3.05, 3.63) is 46.4 Å². The average Bonchev–Trinajstić information content (AvgIpc) is 2.88. The molecule has 2 N–H and O–H groups in total. The molecule has 0 radical (unpaired) electrons. The van der Waals surface area contributed by atoms with Crippen LogP contribution in [0.1, 0.15) is 10.6 Å². The third-order valence-electron chi connectivity index (χ3n) is 2.69. The molecule has 0 aliphatic carbocycles. The number of thiophene rings is 1. The molecule has 0 bridgehead atoms. The van der Waals surface area contributed by atoms with Gasteiger partial charge in [0.25, 0.3) is 0 Å². The van der Waals surface area contributed by atoms with Gasteiger partial charge in [0.15, 0.2) is 0 Å². The Labute approximate surface area is 116 Å². The summed E-state index contributed by atoms with van der Waals surface area (Å²) in [7, 11) is -1.97. The van der Waals surface area contributed by atoms with Crippen LogP contribution in [0.25, 0.3) is 0 Å². The van der Waals surface area contributed by atoms with Gasteiger partial charge in [0.2, 0.25) is 10.0 Å². The number of hydrogen-bond acceptors (Lipinski definition) is 5.